The number of esters is 1. The molecule has 0 radical (unpaired) electrons. The Balaban J connectivity index is 0.000000325. The lowest BCUT2D eigenvalue weighted by Crippen LogP contribution is -2.61. The van der Waals surface area contributed by atoms with Crippen molar-refractivity contribution in [3.8, 4) is 11.3 Å². The Labute approximate surface area is 768 Å². The molecule has 3 aliphatic heterocycles. The number of carbonyl (C=O) groups is 5. The highest BCUT2D eigenvalue weighted by molar-refractivity contribution is 7.80. The molecule has 1 amide bonds. The van der Waals surface area contributed by atoms with Gasteiger partial charge in [0, 0.05) is 117 Å². The minimum atomic E-state index is -2.42. The number of methoxy groups -OCH3 is 5. The van der Waals surface area contributed by atoms with Crippen LogP contribution in [0, 0.1) is 35.5 Å². The number of nitrogens with zero attached hydrogens (tertiary/aromatic N) is 6. The van der Waals surface area contributed by atoms with Gasteiger partial charge in [0.15, 0.2) is 22.1 Å². The molecule has 3 aromatic heterocycles. The Morgan fingerprint density at radius 3 is 1.97 bits per heavy atom. The summed E-state index contributed by atoms with van der Waals surface area (Å²) in [5.74, 6) is -6.73. The van der Waals surface area contributed by atoms with Crippen LogP contribution in [0.15, 0.2) is 101 Å². The summed E-state index contributed by atoms with van der Waals surface area (Å²) in [6, 6.07) is 12.7. The normalized spacial score (nSPS) is 26.5. The molecule has 1 aliphatic carbocycles. The van der Waals surface area contributed by atoms with Crippen molar-refractivity contribution in [1.82, 2.24) is 29.6 Å². The van der Waals surface area contributed by atoms with Crippen molar-refractivity contribution in [3.63, 3.8) is 0 Å². The van der Waals surface area contributed by atoms with Crippen LogP contribution in [0.5, 0.6) is 0 Å². The van der Waals surface area contributed by atoms with Crippen LogP contribution in [0.2, 0.25) is 0 Å². The Morgan fingerprint density at radius 2 is 1.34 bits per heavy atom. The Morgan fingerprint density at radius 1 is 0.690 bits per heavy atom. The van der Waals surface area contributed by atoms with Crippen LogP contribution in [-0.4, -0.2) is 274 Å². The summed E-state index contributed by atoms with van der Waals surface area (Å²) >= 11 is 5.54. The van der Waals surface area contributed by atoms with Crippen LogP contribution < -0.4 is 11.5 Å². The number of benzene rings is 2. The maximum atomic E-state index is 14.6. The minimum absolute atomic E-state index is 0.0172. The topological polar surface area (TPSA) is 400 Å². The summed E-state index contributed by atoms with van der Waals surface area (Å²) < 4.78 is 85.6. The number of allylic oxidation sites excluding steroid dienone is 5. The summed E-state index contributed by atoms with van der Waals surface area (Å²) in [4.78, 5) is 83.0. The number of rotatable bonds is 39. The molecule has 0 unspecified atom stereocenters. The number of piperidine rings is 1. The number of hydrogen-bond acceptors (Lipinski definition) is 30. The van der Waals surface area contributed by atoms with Gasteiger partial charge in [0.25, 0.3) is 17.7 Å². The van der Waals surface area contributed by atoms with Crippen LogP contribution in [-0.2, 0) is 103 Å². The number of carbonyl (C=O) groups excluding carboxylic acids is 5. The Bertz CT molecular complexity index is 4290. The number of hydrogen-bond donors (Lipinski definition) is 5. The number of aliphatic hydroxyl groups is 3. The first-order valence-corrected chi connectivity index (χ1v) is 46.5. The molecule has 1 saturated carbocycles. The maximum absolute atomic E-state index is 14.6. The van der Waals surface area contributed by atoms with Crippen LogP contribution >= 0.6 is 12.2 Å². The molecular weight excluding hydrogens is 1680 g/mol. The Kier molecular flexibility index (Phi) is 49.0. The van der Waals surface area contributed by atoms with E-state index >= 15 is 0 Å². The fraction of sp³-hybridized carbons (Fsp3) is 0.670. The number of ketones is 3. The highest BCUT2D eigenvalue weighted by atomic mass is 32.1. The van der Waals surface area contributed by atoms with Gasteiger partial charge in [0.2, 0.25) is 5.79 Å². The molecule has 720 valence electrons. The first-order valence-electron chi connectivity index (χ1n) is 46.1. The van der Waals surface area contributed by atoms with E-state index in [9.17, 15) is 39.3 Å². The number of ether oxygens (including phenoxy) is 14. The number of nitrogens with two attached hydrogens (primary N) is 2. The van der Waals surface area contributed by atoms with E-state index in [0.29, 0.717) is 214 Å². The lowest BCUT2D eigenvalue weighted by molar-refractivity contribution is -0.265. The van der Waals surface area contributed by atoms with Gasteiger partial charge in [-0.1, -0.05) is 109 Å². The fourth-order valence-corrected chi connectivity index (χ4v) is 16.8. The summed E-state index contributed by atoms with van der Waals surface area (Å²) in [5, 5.41) is 41.5. The zero-order valence-corrected chi connectivity index (χ0v) is 79.6. The monoisotopic (exact) mass is 1830 g/mol. The largest absolute Gasteiger partial charge is 0.481 e. The maximum Gasteiger partial charge on any atom is 0.329 e. The Hall–Kier alpha value is -7.74. The van der Waals surface area contributed by atoms with Crippen molar-refractivity contribution < 1.29 is 110 Å². The van der Waals surface area contributed by atoms with Gasteiger partial charge in [0.05, 0.1) is 109 Å². The fourth-order valence-electron chi connectivity index (χ4n) is 16.5. The number of Topliss-reactive ketones (excluding diaryl/α,β-unsaturated/α-hetero) is 3. The van der Waals surface area contributed by atoms with Crippen LogP contribution in [0.3, 0.4) is 0 Å². The lowest BCUT2D eigenvalue weighted by atomic mass is 9.78. The second-order valence-electron chi connectivity index (χ2n) is 34.3. The average molecular weight is 1830 g/mol. The number of nitrogen functional groups attached to an aromatic ring is 2. The molecule has 2 bridgehead atoms. The van der Waals surface area contributed by atoms with Crippen molar-refractivity contribution >= 4 is 80.5 Å². The van der Waals surface area contributed by atoms with E-state index in [-0.39, 0.29) is 66.9 Å². The standard InChI is InChI=1S/C56H89NO14S.C25H25N7O3.C16H34O6/c1-34-18-13-12-14-19-35(2)46(66-9)32-42-24-22-40(7)56(64,71-42)53(61)54(62)57-26-16-15-20-43(57)55(63)70-47(33-44(58)36(3)29-39(6)51(60)52(68-11)50(59)38(5)28-34)37(4)30-41-23-25-45(48(31-41)67-10)69-49(72)21-17-27-65-8;1-34-11-10-18(33)8-6-15-2-4-16(5-3-15)13-32-24-21(23(26)28-14-29-24)22(31-32)17-7-9-20-19(12-17)30-25(27)35-20;1-3-5-17-7-9-19-11-13-21-15-16-22-14-12-20-10-8-18-6-4-2/h12-14,18-19,29,34,36-38,40-48,51-52,58,60,64H,15-17,20-28,30-33H2,1-11H3;2-5,7,9,12,14H,6,8,10-11,13H2,1H3,(H2,27,30)(H2,26,28,29);3-16H2,1-2H3/b14-12+,18-13+,35-19+,39-29+;;/t34-,36-,37-,38-,40-,41+,42+,43+,44-,45-,46+,47+,48-,51-,52+,56-;;/m1../s1. The number of aryl methyl sites for hydroxylation is 1. The molecular formula is C97H148N8O23S. The van der Waals surface area contributed by atoms with Crippen molar-refractivity contribution in [2.75, 3.05) is 146 Å². The third-order valence-electron chi connectivity index (χ3n) is 24.1. The number of aromatic nitrogens is 5. The van der Waals surface area contributed by atoms with E-state index in [1.54, 1.807) is 61.4 Å². The summed E-state index contributed by atoms with van der Waals surface area (Å²) in [5.41, 5.74) is 18.8. The molecule has 7 N–H and O–H groups in total. The molecule has 4 aliphatic rings. The SMILES string of the molecule is CCCOCCOCCOCCOCCOCCOCCC.COCCC(=O)CCc1ccc(Cn2nc(-c3ccc4oc(N)nc4c3)c3c(N)ncnc32)cc1.COCCCC(=S)O[C@@H]1CC[C@@H](C[C@@H](C)[C@@H]2C[C@@H](O)[C@H](C)/C=C(\C)[C@@H](O)[C@@H](OC)C(=O)[C@H](C)C[C@H](C)/C=C/C=C/C=C(\C)[C@@H](OC)C[C@@H]3CC[C@@H](C)[C@@](O)(O3)C(=O)C(=O)N3CCCC[C@H]3C(=O)O2)C[C@H]1OC. The molecule has 9 rings (SSSR count). The molecule has 129 heavy (non-hydrogen) atoms. The van der Waals surface area contributed by atoms with Crippen LogP contribution in [0.1, 0.15) is 189 Å². The molecule has 2 aromatic carbocycles. The van der Waals surface area contributed by atoms with Crippen LogP contribution in [0.25, 0.3) is 33.4 Å². The first-order chi connectivity index (χ1) is 62.1. The number of amides is 1. The second kappa shape index (κ2) is 58.3. The summed E-state index contributed by atoms with van der Waals surface area (Å²) in [7, 11) is 7.90. The van der Waals surface area contributed by atoms with Gasteiger partial charge < -0.3 is 102 Å². The highest BCUT2D eigenvalue weighted by Gasteiger charge is 2.53. The van der Waals surface area contributed by atoms with Crippen molar-refractivity contribution in [2.24, 2.45) is 35.5 Å². The number of fused-ring (bicyclic) bond motifs is 5. The van der Waals surface area contributed by atoms with Gasteiger partial charge in [0.1, 0.15) is 59.6 Å². The molecule has 5 aromatic rings. The predicted molar refractivity (Wildman–Crippen MR) is 497 cm³/mol. The van der Waals surface area contributed by atoms with Gasteiger partial charge >= 0.3 is 5.97 Å². The predicted octanol–water partition coefficient (Wildman–Crippen LogP) is 13.0. The molecule has 3 fully saturated rings. The molecule has 6 heterocycles. The lowest BCUT2D eigenvalue weighted by Gasteiger charge is -2.43. The second-order valence-corrected chi connectivity index (χ2v) is 34.8. The zero-order chi connectivity index (χ0) is 93.8. The first kappa shape index (κ1) is 108. The number of thiocarbonyl (C=S) groups is 1. The van der Waals surface area contributed by atoms with Crippen LogP contribution in [0.4, 0.5) is 11.8 Å². The quantitative estimate of drug-likeness (QED) is 0.00802. The summed E-state index contributed by atoms with van der Waals surface area (Å²) in [6.07, 6.45) is 18.1. The number of cyclic esters (lactones) is 1. The third kappa shape index (κ3) is 35.3. The molecule has 16 atom stereocenters. The van der Waals surface area contributed by atoms with E-state index in [2.05, 4.69) is 28.8 Å². The van der Waals surface area contributed by atoms with Crippen molar-refractivity contribution in [3.05, 3.63) is 108 Å². The molecule has 0 spiro atoms. The van der Waals surface area contributed by atoms with Gasteiger partial charge in [-0.05, 0) is 174 Å². The third-order valence-corrected chi connectivity index (χ3v) is 24.4. The molecule has 32 heteroatoms. The van der Waals surface area contributed by atoms with Crippen molar-refractivity contribution in [2.45, 2.75) is 252 Å². The van der Waals surface area contributed by atoms with E-state index in [1.807, 2.05) is 99.2 Å². The van der Waals surface area contributed by atoms with E-state index in [1.165, 1.54) is 18.3 Å². The molecule has 31 nitrogen and oxygen atoms in total. The average Bonchev–Trinajstić information content (AvgIpc) is 1.72. The van der Waals surface area contributed by atoms with E-state index < -0.39 is 83.9 Å². The smallest absolute Gasteiger partial charge is 0.329 e. The van der Waals surface area contributed by atoms with Gasteiger partial charge in [-0.25, -0.2) is 19.4 Å². The van der Waals surface area contributed by atoms with Crippen molar-refractivity contribution in [1.29, 1.82) is 0 Å². The number of oxazole rings is 1. The number of aliphatic hydroxyl groups excluding tert-OH is 2. The van der Waals surface area contributed by atoms with Gasteiger partial charge in [-0.2, -0.15) is 10.1 Å². The highest BCUT2D eigenvalue weighted by Crippen LogP contribution is 2.40. The van der Waals surface area contributed by atoms with Gasteiger partial charge in [-0.15, -0.1) is 0 Å². The van der Waals surface area contributed by atoms with E-state index in [0.717, 1.165) is 61.2 Å². The van der Waals surface area contributed by atoms with Gasteiger partial charge in [-0.3, -0.25) is 19.2 Å². The van der Waals surface area contributed by atoms with E-state index in [4.69, 9.17) is 99.5 Å². The zero-order valence-electron chi connectivity index (χ0n) is 78.7. The minimum Gasteiger partial charge on any atom is -0.481 e. The summed E-state index contributed by atoms with van der Waals surface area (Å²) in [6.45, 7) is 26.4. The number of anilines is 2. The molecule has 2 saturated heterocycles.